The quantitative estimate of drug-likeness (QED) is 0.341. The van der Waals surface area contributed by atoms with Gasteiger partial charge in [0, 0.05) is 11.4 Å². The first-order valence-electron chi connectivity index (χ1n) is 11.9. The van der Waals surface area contributed by atoms with Crippen molar-refractivity contribution in [1.82, 2.24) is 24.8 Å². The minimum absolute atomic E-state index is 0.0457. The number of carbonyl (C=O) groups is 3. The number of amides is 2. The predicted molar refractivity (Wildman–Crippen MR) is 131 cm³/mol. The van der Waals surface area contributed by atoms with Crippen molar-refractivity contribution in [2.24, 2.45) is 11.8 Å². The Morgan fingerprint density at radius 2 is 2.17 bits per heavy atom. The lowest BCUT2D eigenvalue weighted by molar-refractivity contribution is -0.154. The summed E-state index contributed by atoms with van der Waals surface area (Å²) in [6.07, 6.45) is 1.55. The van der Waals surface area contributed by atoms with Crippen molar-refractivity contribution in [1.29, 1.82) is 0 Å². The third kappa shape index (κ3) is 3.49. The number of para-hydroxylation sites is 1. The van der Waals surface area contributed by atoms with Crippen molar-refractivity contribution < 1.29 is 29.3 Å². The molecule has 12 heteroatoms. The number of aromatic nitrogens is 3. The lowest BCUT2D eigenvalue weighted by atomic mass is 9.70. The molecule has 5 rings (SSSR count). The van der Waals surface area contributed by atoms with E-state index in [1.807, 2.05) is 31.2 Å². The number of aliphatic hydroxyl groups is 1. The van der Waals surface area contributed by atoms with Crippen molar-refractivity contribution in [2.75, 3.05) is 13.2 Å². The summed E-state index contributed by atoms with van der Waals surface area (Å²) < 4.78 is 7.89. The molecule has 2 N–H and O–H groups in total. The van der Waals surface area contributed by atoms with Crippen LogP contribution in [0.15, 0.2) is 36.9 Å². The molecule has 4 heterocycles. The number of aliphatic carboxylic acids is 1. The first-order valence-corrected chi connectivity index (χ1v) is 12.9. The van der Waals surface area contributed by atoms with Gasteiger partial charge in [-0.25, -0.2) is 4.68 Å². The molecule has 36 heavy (non-hydrogen) atoms. The summed E-state index contributed by atoms with van der Waals surface area (Å²) in [5, 5.41) is 28.4. The van der Waals surface area contributed by atoms with E-state index in [-0.39, 0.29) is 24.6 Å². The average molecular weight is 562 g/mol. The topological polar surface area (TPSA) is 138 Å². The van der Waals surface area contributed by atoms with Crippen molar-refractivity contribution in [2.45, 2.75) is 55.0 Å². The van der Waals surface area contributed by atoms with E-state index in [4.69, 9.17) is 4.74 Å². The zero-order chi connectivity index (χ0) is 25.8. The highest BCUT2D eigenvalue weighted by Gasteiger charge is 2.77. The van der Waals surface area contributed by atoms with Gasteiger partial charge in [0.15, 0.2) is 0 Å². The number of halogens is 1. The third-order valence-corrected chi connectivity index (χ3v) is 8.55. The van der Waals surface area contributed by atoms with Gasteiger partial charge in [0.25, 0.3) is 0 Å². The summed E-state index contributed by atoms with van der Waals surface area (Å²) in [6.45, 7) is 5.44. The van der Waals surface area contributed by atoms with Crippen molar-refractivity contribution in [3.8, 4) is 0 Å². The fraction of sp³-hybridized carbons (Fsp3) is 0.542. The molecule has 1 aromatic carbocycles. The molecule has 3 fully saturated rings. The highest BCUT2D eigenvalue weighted by molar-refractivity contribution is 9.09. The van der Waals surface area contributed by atoms with E-state index < -0.39 is 53.4 Å². The van der Waals surface area contributed by atoms with Gasteiger partial charge in [-0.1, -0.05) is 46.3 Å². The van der Waals surface area contributed by atoms with Gasteiger partial charge in [-0.2, -0.15) is 0 Å². The number of rotatable bonds is 9. The van der Waals surface area contributed by atoms with Gasteiger partial charge in [-0.3, -0.25) is 14.4 Å². The Morgan fingerprint density at radius 3 is 2.83 bits per heavy atom. The molecule has 3 aliphatic heterocycles. The van der Waals surface area contributed by atoms with Gasteiger partial charge in [0.2, 0.25) is 11.8 Å². The maximum atomic E-state index is 14.3. The Bertz CT molecular complexity index is 1220. The number of ether oxygens (including phenoxy) is 1. The average Bonchev–Trinajstić information content (AvgIpc) is 3.57. The number of carbonyl (C=O) groups excluding carboxylic acids is 2. The lowest BCUT2D eigenvalue weighted by Gasteiger charge is -2.39. The van der Waals surface area contributed by atoms with E-state index in [0.717, 1.165) is 5.52 Å². The molecule has 2 aromatic rings. The summed E-state index contributed by atoms with van der Waals surface area (Å²) >= 11 is 3.54. The molecule has 11 nitrogen and oxygen atoms in total. The van der Waals surface area contributed by atoms with E-state index in [1.54, 1.807) is 10.8 Å². The molecule has 3 unspecified atom stereocenters. The van der Waals surface area contributed by atoms with Crippen LogP contribution < -0.4 is 0 Å². The summed E-state index contributed by atoms with van der Waals surface area (Å²) in [5.74, 6) is -4.11. The number of hydrogen-bond donors (Lipinski definition) is 2. The number of hydrogen-bond acceptors (Lipinski definition) is 7. The smallest absolute Gasteiger partial charge is 0.310 e. The fourth-order valence-electron chi connectivity index (χ4n) is 6.17. The molecule has 1 spiro atoms. The van der Waals surface area contributed by atoms with E-state index in [9.17, 15) is 24.6 Å². The Labute approximate surface area is 215 Å². The van der Waals surface area contributed by atoms with Gasteiger partial charge in [-0.05, 0) is 25.0 Å². The van der Waals surface area contributed by atoms with Crippen LogP contribution in [0.4, 0.5) is 0 Å². The minimum atomic E-state index is -1.32. The number of likely N-dealkylation sites (tertiary alicyclic amines) is 1. The number of fused-ring (bicyclic) bond motifs is 2. The number of aliphatic hydroxyl groups excluding tert-OH is 1. The largest absolute Gasteiger partial charge is 0.481 e. The van der Waals surface area contributed by atoms with Crippen LogP contribution in [0.1, 0.15) is 19.8 Å². The first kappa shape index (κ1) is 24.8. The van der Waals surface area contributed by atoms with Gasteiger partial charge in [-0.15, -0.1) is 11.7 Å². The number of carboxylic acid groups (broad SMARTS) is 1. The summed E-state index contributed by atoms with van der Waals surface area (Å²) in [5.41, 5.74) is 0.0964. The lowest BCUT2D eigenvalue weighted by Crippen LogP contribution is -2.59. The zero-order valence-corrected chi connectivity index (χ0v) is 21.3. The normalized spacial score (nSPS) is 31.6. The second-order valence-electron chi connectivity index (χ2n) is 9.56. The predicted octanol–water partition coefficient (Wildman–Crippen LogP) is 1.01. The molecule has 1 aromatic heterocycles. The monoisotopic (exact) mass is 561 g/mol. The highest BCUT2D eigenvalue weighted by Crippen LogP contribution is 2.60. The molecule has 3 saturated heterocycles. The van der Waals surface area contributed by atoms with E-state index >= 15 is 0 Å². The van der Waals surface area contributed by atoms with Crippen molar-refractivity contribution >= 4 is 44.7 Å². The molecule has 3 aliphatic rings. The fourth-order valence-corrected chi connectivity index (χ4v) is 7.11. The van der Waals surface area contributed by atoms with Crippen molar-refractivity contribution in [3.05, 3.63) is 36.9 Å². The maximum absolute atomic E-state index is 14.3. The number of nitrogens with zero attached hydrogens (tertiary/aromatic N) is 5. The Morgan fingerprint density at radius 1 is 1.42 bits per heavy atom. The van der Waals surface area contributed by atoms with Crippen LogP contribution in [0.25, 0.3) is 11.0 Å². The molecular weight excluding hydrogens is 534 g/mol. The van der Waals surface area contributed by atoms with Crippen LogP contribution in [-0.2, 0) is 25.8 Å². The van der Waals surface area contributed by atoms with Crippen LogP contribution in [0, 0.1) is 11.8 Å². The molecule has 192 valence electrons. The Balaban J connectivity index is 1.57. The second kappa shape index (κ2) is 9.24. The molecule has 7 atom stereocenters. The zero-order valence-electron chi connectivity index (χ0n) is 19.7. The minimum Gasteiger partial charge on any atom is -0.481 e. The van der Waals surface area contributed by atoms with Crippen molar-refractivity contribution in [3.63, 3.8) is 0 Å². The maximum Gasteiger partial charge on any atom is 0.310 e. The van der Waals surface area contributed by atoms with Crippen LogP contribution in [0.5, 0.6) is 0 Å². The molecule has 2 bridgehead atoms. The SMILES string of the molecule is C=CCN(Cn1nnc2ccccc21)C(=O)C1N([C@@H](CC)CO)C(=O)[C@@H]2[C@@H](C(=O)O)[C@@H]3OC12CC3Br. The van der Waals surface area contributed by atoms with Crippen LogP contribution in [0.2, 0.25) is 0 Å². The Hall–Kier alpha value is -2.83. The summed E-state index contributed by atoms with van der Waals surface area (Å²) in [4.78, 5) is 42.9. The van der Waals surface area contributed by atoms with Gasteiger partial charge in [0.05, 0.1) is 36.1 Å². The Kier molecular flexibility index (Phi) is 6.38. The molecular formula is C24H28BrN5O6. The number of alkyl halides is 1. The molecule has 2 amide bonds. The third-order valence-electron chi connectivity index (χ3n) is 7.71. The summed E-state index contributed by atoms with van der Waals surface area (Å²) in [6, 6.07) is 5.60. The molecule has 0 radical (unpaired) electrons. The van der Waals surface area contributed by atoms with Gasteiger partial charge >= 0.3 is 5.97 Å². The van der Waals surface area contributed by atoms with E-state index in [0.29, 0.717) is 18.4 Å². The van der Waals surface area contributed by atoms with Gasteiger partial charge in [0.1, 0.15) is 23.8 Å². The van der Waals surface area contributed by atoms with Crippen LogP contribution in [0.3, 0.4) is 0 Å². The molecule has 0 saturated carbocycles. The standard InChI is InChI=1S/C24H28BrN5O6/c1-3-9-28(12-29-16-8-6-5-7-15(16)26-27-29)22(33)20-24-10-14(25)19(36-24)17(23(34)35)18(24)21(32)30(20)13(4-2)11-31/h3,5-8,13-14,17-20,31H,1,4,9-12H2,2H3,(H,34,35)/t13-,14?,17+,18-,19+,20?,24?/m0/s1. The van der Waals surface area contributed by atoms with Gasteiger partial charge < -0.3 is 24.7 Å². The van der Waals surface area contributed by atoms with Crippen LogP contribution >= 0.6 is 15.9 Å². The second-order valence-corrected chi connectivity index (χ2v) is 10.7. The molecule has 0 aliphatic carbocycles. The van der Waals surface area contributed by atoms with E-state index in [1.165, 1.54) is 9.80 Å². The number of benzene rings is 1. The summed E-state index contributed by atoms with van der Waals surface area (Å²) in [7, 11) is 0. The van der Waals surface area contributed by atoms with Crippen LogP contribution in [-0.4, -0.2) is 94.6 Å². The van der Waals surface area contributed by atoms with E-state index in [2.05, 4.69) is 32.8 Å². The highest BCUT2D eigenvalue weighted by atomic mass is 79.9. The number of carboxylic acids is 1. The first-order chi connectivity index (χ1) is 17.3.